The number of rotatable bonds is 5. The number of nitrogens with zero attached hydrogens (tertiary/aromatic N) is 3. The van der Waals surface area contributed by atoms with Gasteiger partial charge in [0.25, 0.3) is 0 Å². The lowest BCUT2D eigenvalue weighted by Crippen LogP contribution is -2.36. The van der Waals surface area contributed by atoms with Crippen LogP contribution in [0.3, 0.4) is 0 Å². The Kier molecular flexibility index (Phi) is 4.77. The summed E-state index contributed by atoms with van der Waals surface area (Å²) >= 11 is 0. The summed E-state index contributed by atoms with van der Waals surface area (Å²) in [5, 5.41) is 0. The third-order valence-corrected chi connectivity index (χ3v) is 4.93. The van der Waals surface area contributed by atoms with Crippen LogP contribution in [0.5, 0.6) is 11.5 Å². The molecular weight excluding hydrogens is 347 g/mol. The Labute approximate surface area is 157 Å². The number of hydrogen-bond acceptors (Lipinski definition) is 5. The standard InChI is InChI=1S/C20H21FN4O2/c1-26-17-8-14(15(21)9-18(17)27-2)20-19-16(23-12-24-19)5-7-25(20)11-13-4-3-6-22-10-13/h3-4,6,8-10,12,20H,5,7,11H2,1-2H3,(H,23,24). The van der Waals surface area contributed by atoms with Gasteiger partial charge in [-0.25, -0.2) is 9.37 Å². The number of benzene rings is 1. The van der Waals surface area contributed by atoms with Crippen LogP contribution in [0.4, 0.5) is 4.39 Å². The molecule has 0 amide bonds. The molecule has 1 unspecified atom stereocenters. The topological polar surface area (TPSA) is 63.3 Å². The second kappa shape index (κ2) is 7.36. The SMILES string of the molecule is COc1cc(F)c(C2c3nc[nH]c3CCN2Cc2cccnc2)cc1OC. The van der Waals surface area contributed by atoms with E-state index in [2.05, 4.69) is 19.9 Å². The second-order valence-electron chi connectivity index (χ2n) is 6.48. The highest BCUT2D eigenvalue weighted by Gasteiger charge is 2.33. The minimum atomic E-state index is -0.343. The first kappa shape index (κ1) is 17.5. The third kappa shape index (κ3) is 3.26. The lowest BCUT2D eigenvalue weighted by molar-refractivity contribution is 0.196. The van der Waals surface area contributed by atoms with Crippen molar-refractivity contribution in [3.05, 3.63) is 71.3 Å². The molecule has 0 spiro atoms. The van der Waals surface area contributed by atoms with E-state index in [1.165, 1.54) is 13.2 Å². The van der Waals surface area contributed by atoms with Gasteiger partial charge in [0.05, 0.1) is 32.3 Å². The highest BCUT2D eigenvalue weighted by molar-refractivity contribution is 5.47. The van der Waals surface area contributed by atoms with E-state index in [4.69, 9.17) is 9.47 Å². The maximum Gasteiger partial charge on any atom is 0.163 e. The Morgan fingerprint density at radius 1 is 1.26 bits per heavy atom. The van der Waals surface area contributed by atoms with Crippen LogP contribution >= 0.6 is 0 Å². The predicted molar refractivity (Wildman–Crippen MR) is 98.3 cm³/mol. The number of methoxy groups -OCH3 is 2. The summed E-state index contributed by atoms with van der Waals surface area (Å²) in [6.07, 6.45) is 6.09. The molecule has 4 rings (SSSR count). The number of fused-ring (bicyclic) bond motifs is 1. The molecule has 27 heavy (non-hydrogen) atoms. The Morgan fingerprint density at radius 2 is 2.07 bits per heavy atom. The first-order chi connectivity index (χ1) is 13.2. The van der Waals surface area contributed by atoms with E-state index in [1.807, 2.05) is 18.3 Å². The van der Waals surface area contributed by atoms with Gasteiger partial charge in [-0.3, -0.25) is 9.88 Å². The van der Waals surface area contributed by atoms with Gasteiger partial charge in [0, 0.05) is 49.2 Å². The molecule has 1 aliphatic heterocycles. The van der Waals surface area contributed by atoms with Crippen LogP contribution in [0.25, 0.3) is 0 Å². The van der Waals surface area contributed by atoms with E-state index < -0.39 is 0 Å². The second-order valence-corrected chi connectivity index (χ2v) is 6.48. The quantitative estimate of drug-likeness (QED) is 0.750. The molecule has 0 bridgehead atoms. The number of aromatic nitrogens is 3. The summed E-state index contributed by atoms with van der Waals surface area (Å²) in [6.45, 7) is 1.43. The summed E-state index contributed by atoms with van der Waals surface area (Å²) in [5.74, 6) is 0.526. The summed E-state index contributed by atoms with van der Waals surface area (Å²) < 4.78 is 25.7. The van der Waals surface area contributed by atoms with Gasteiger partial charge < -0.3 is 14.5 Å². The zero-order valence-corrected chi connectivity index (χ0v) is 15.3. The Morgan fingerprint density at radius 3 is 2.81 bits per heavy atom. The van der Waals surface area contributed by atoms with Gasteiger partial charge in [-0.05, 0) is 17.7 Å². The largest absolute Gasteiger partial charge is 0.493 e. The molecule has 3 aromatic rings. The van der Waals surface area contributed by atoms with E-state index in [-0.39, 0.29) is 11.9 Å². The molecule has 140 valence electrons. The first-order valence-corrected chi connectivity index (χ1v) is 8.77. The van der Waals surface area contributed by atoms with Crippen LogP contribution in [0.2, 0.25) is 0 Å². The zero-order valence-electron chi connectivity index (χ0n) is 15.3. The zero-order chi connectivity index (χ0) is 18.8. The fraction of sp³-hybridized carbons (Fsp3) is 0.300. The van der Waals surface area contributed by atoms with E-state index >= 15 is 4.39 Å². The molecule has 0 aliphatic carbocycles. The van der Waals surface area contributed by atoms with Crippen LogP contribution in [0.1, 0.15) is 28.6 Å². The number of hydrogen-bond donors (Lipinski definition) is 1. The average Bonchev–Trinajstić information content (AvgIpc) is 3.17. The monoisotopic (exact) mass is 368 g/mol. The van der Waals surface area contributed by atoms with Crippen molar-refractivity contribution in [1.82, 2.24) is 19.9 Å². The van der Waals surface area contributed by atoms with Gasteiger partial charge in [0.1, 0.15) is 5.82 Å². The third-order valence-electron chi connectivity index (χ3n) is 4.93. The Bertz CT molecular complexity index is 929. The van der Waals surface area contributed by atoms with Crippen LogP contribution in [0, 0.1) is 5.82 Å². The average molecular weight is 368 g/mol. The molecule has 1 atom stereocenters. The minimum Gasteiger partial charge on any atom is -0.493 e. The van der Waals surface area contributed by atoms with Crippen LogP contribution in [-0.4, -0.2) is 40.6 Å². The van der Waals surface area contributed by atoms with E-state index in [0.717, 1.165) is 29.9 Å². The van der Waals surface area contributed by atoms with Gasteiger partial charge in [-0.1, -0.05) is 6.07 Å². The molecule has 1 N–H and O–H groups in total. The predicted octanol–water partition coefficient (Wildman–Crippen LogP) is 3.11. The van der Waals surface area contributed by atoms with Crippen molar-refractivity contribution in [2.75, 3.05) is 20.8 Å². The fourth-order valence-electron chi connectivity index (χ4n) is 3.64. The summed E-state index contributed by atoms with van der Waals surface area (Å²) in [7, 11) is 3.05. The molecule has 0 saturated carbocycles. The Balaban J connectivity index is 1.79. The van der Waals surface area contributed by atoms with Gasteiger partial charge in [-0.2, -0.15) is 0 Å². The maximum absolute atomic E-state index is 15.0. The van der Waals surface area contributed by atoms with Crippen molar-refractivity contribution in [2.45, 2.75) is 19.0 Å². The summed E-state index contributed by atoms with van der Waals surface area (Å²) in [5.41, 5.74) is 3.47. The molecule has 1 aromatic carbocycles. The van der Waals surface area contributed by atoms with Crippen LogP contribution in [0.15, 0.2) is 43.0 Å². The first-order valence-electron chi connectivity index (χ1n) is 8.77. The van der Waals surface area contributed by atoms with Gasteiger partial charge in [0.2, 0.25) is 0 Å². The molecule has 6 nitrogen and oxygen atoms in total. The highest BCUT2D eigenvalue weighted by atomic mass is 19.1. The molecule has 3 heterocycles. The maximum atomic E-state index is 15.0. The van der Waals surface area contributed by atoms with E-state index in [9.17, 15) is 0 Å². The minimum absolute atomic E-state index is 0.319. The van der Waals surface area contributed by atoms with Crippen molar-refractivity contribution in [3.63, 3.8) is 0 Å². The number of ether oxygens (including phenoxy) is 2. The summed E-state index contributed by atoms with van der Waals surface area (Å²) in [6, 6.07) is 6.69. The molecular formula is C20H21FN4O2. The van der Waals surface area contributed by atoms with E-state index in [1.54, 1.807) is 25.7 Å². The normalized spacial score (nSPS) is 16.8. The number of H-pyrrole nitrogens is 1. The smallest absolute Gasteiger partial charge is 0.163 e. The molecule has 0 saturated heterocycles. The van der Waals surface area contributed by atoms with Gasteiger partial charge in [-0.15, -0.1) is 0 Å². The fourth-order valence-corrected chi connectivity index (χ4v) is 3.64. The van der Waals surface area contributed by atoms with Crippen LogP contribution < -0.4 is 9.47 Å². The van der Waals surface area contributed by atoms with Gasteiger partial charge >= 0.3 is 0 Å². The lowest BCUT2D eigenvalue weighted by Gasteiger charge is -2.35. The van der Waals surface area contributed by atoms with Crippen molar-refractivity contribution < 1.29 is 13.9 Å². The number of pyridine rings is 1. The molecule has 1 aliphatic rings. The lowest BCUT2D eigenvalue weighted by atomic mass is 9.94. The van der Waals surface area contributed by atoms with Crippen molar-refractivity contribution >= 4 is 0 Å². The van der Waals surface area contributed by atoms with Crippen LogP contribution in [-0.2, 0) is 13.0 Å². The highest BCUT2D eigenvalue weighted by Crippen LogP contribution is 2.39. The van der Waals surface area contributed by atoms with E-state index in [0.29, 0.717) is 23.6 Å². The Hall–Kier alpha value is -2.93. The molecule has 2 aromatic heterocycles. The molecule has 0 fully saturated rings. The van der Waals surface area contributed by atoms with Crippen molar-refractivity contribution in [1.29, 1.82) is 0 Å². The molecule has 7 heteroatoms. The number of halogens is 1. The van der Waals surface area contributed by atoms with Crippen molar-refractivity contribution in [2.24, 2.45) is 0 Å². The number of aromatic amines is 1. The number of imidazole rings is 1. The molecule has 0 radical (unpaired) electrons. The van der Waals surface area contributed by atoms with Gasteiger partial charge in [0.15, 0.2) is 11.5 Å². The van der Waals surface area contributed by atoms with Crippen molar-refractivity contribution in [3.8, 4) is 11.5 Å². The number of nitrogens with one attached hydrogen (secondary N) is 1. The summed E-state index contributed by atoms with van der Waals surface area (Å²) in [4.78, 5) is 14.1.